The summed E-state index contributed by atoms with van der Waals surface area (Å²) in [5.41, 5.74) is 2.95. The Morgan fingerprint density at radius 2 is 2.06 bits per heavy atom. The monoisotopic (exact) mass is 217 g/mol. The van der Waals surface area contributed by atoms with E-state index in [0.717, 1.165) is 56.0 Å². The molecule has 5 heteroatoms. The zero-order chi connectivity index (χ0) is 11.0. The van der Waals surface area contributed by atoms with Gasteiger partial charge in [-0.15, -0.1) is 0 Å². The lowest BCUT2D eigenvalue weighted by Gasteiger charge is -2.23. The van der Waals surface area contributed by atoms with Gasteiger partial charge in [-0.25, -0.2) is 0 Å². The maximum Gasteiger partial charge on any atom is 0.143 e. The van der Waals surface area contributed by atoms with Gasteiger partial charge in [-0.2, -0.15) is 10.4 Å². The fourth-order valence-corrected chi connectivity index (χ4v) is 2.58. The summed E-state index contributed by atoms with van der Waals surface area (Å²) in [6.07, 6.45) is 2.14. The van der Waals surface area contributed by atoms with Gasteiger partial charge in [-0.05, 0) is 25.9 Å². The second-order valence-corrected chi connectivity index (χ2v) is 4.41. The van der Waals surface area contributed by atoms with Gasteiger partial charge in [0.15, 0.2) is 0 Å². The van der Waals surface area contributed by atoms with Crippen molar-refractivity contribution >= 4 is 0 Å². The Hall–Kier alpha value is -1.38. The van der Waals surface area contributed by atoms with Gasteiger partial charge in [0.1, 0.15) is 11.8 Å². The van der Waals surface area contributed by atoms with Crippen LogP contribution in [0.4, 0.5) is 0 Å². The van der Waals surface area contributed by atoms with Gasteiger partial charge in [0.25, 0.3) is 0 Å². The third kappa shape index (κ3) is 1.42. The summed E-state index contributed by atoms with van der Waals surface area (Å²) in [6.45, 7) is 3.65. The number of hydrogen-bond acceptors (Lipinski definition) is 4. The van der Waals surface area contributed by atoms with Crippen molar-refractivity contribution in [3.8, 4) is 6.07 Å². The van der Waals surface area contributed by atoms with E-state index in [1.165, 1.54) is 0 Å². The Kier molecular flexibility index (Phi) is 2.39. The summed E-state index contributed by atoms with van der Waals surface area (Å²) < 4.78 is 1.96. The Morgan fingerprint density at radius 3 is 2.81 bits per heavy atom. The molecular weight excluding hydrogens is 202 g/mol. The van der Waals surface area contributed by atoms with Crippen LogP contribution in [-0.4, -0.2) is 22.9 Å². The molecule has 2 aliphatic rings. The largest absolute Gasteiger partial charge is 0.317 e. The summed E-state index contributed by atoms with van der Waals surface area (Å²) in [5, 5.41) is 20.4. The number of piperidine rings is 1. The average Bonchev–Trinajstić information content (AvgIpc) is 2.89. The van der Waals surface area contributed by atoms with Crippen molar-refractivity contribution < 1.29 is 0 Å². The molecule has 0 spiro atoms. The van der Waals surface area contributed by atoms with Gasteiger partial charge in [0.2, 0.25) is 0 Å². The molecule has 0 atom stereocenters. The number of fused-ring (bicyclic) bond motifs is 1. The number of hydrogen-bond donors (Lipinski definition) is 2. The normalized spacial score (nSPS) is 20.7. The molecule has 3 rings (SSSR count). The Bertz CT molecular complexity index is 436. The average molecular weight is 217 g/mol. The zero-order valence-electron chi connectivity index (χ0n) is 9.16. The van der Waals surface area contributed by atoms with Gasteiger partial charge >= 0.3 is 0 Å². The van der Waals surface area contributed by atoms with E-state index >= 15 is 0 Å². The molecule has 0 radical (unpaired) electrons. The molecule has 0 saturated carbocycles. The third-order valence-corrected chi connectivity index (χ3v) is 3.45. The molecule has 0 aliphatic carbocycles. The standard InChI is InChI=1S/C11H15N5/c12-5-11-9-6-14-7-10(9)15-16(11)8-1-3-13-4-2-8/h8,13-14H,1-4,6-7H2. The molecule has 1 fully saturated rings. The molecule has 84 valence electrons. The second-order valence-electron chi connectivity index (χ2n) is 4.41. The first-order chi connectivity index (χ1) is 7.90. The summed E-state index contributed by atoms with van der Waals surface area (Å²) in [7, 11) is 0. The Labute approximate surface area is 94.4 Å². The lowest BCUT2D eigenvalue weighted by molar-refractivity contribution is 0.338. The minimum Gasteiger partial charge on any atom is -0.317 e. The van der Waals surface area contributed by atoms with Gasteiger partial charge in [-0.3, -0.25) is 4.68 Å². The Balaban J connectivity index is 1.97. The first kappa shape index (κ1) is 9.82. The molecule has 2 aliphatic heterocycles. The fourth-order valence-electron chi connectivity index (χ4n) is 2.58. The minimum atomic E-state index is 0.404. The molecular formula is C11H15N5. The quantitative estimate of drug-likeness (QED) is 0.709. The Morgan fingerprint density at radius 1 is 1.25 bits per heavy atom. The van der Waals surface area contributed by atoms with Crippen LogP contribution in [0.3, 0.4) is 0 Å². The van der Waals surface area contributed by atoms with E-state index in [2.05, 4.69) is 21.8 Å². The molecule has 5 nitrogen and oxygen atoms in total. The number of rotatable bonds is 1. The molecule has 0 bridgehead atoms. The van der Waals surface area contributed by atoms with Crippen LogP contribution in [0.2, 0.25) is 0 Å². The van der Waals surface area contributed by atoms with Crippen molar-refractivity contribution in [1.29, 1.82) is 5.26 Å². The van der Waals surface area contributed by atoms with Gasteiger partial charge in [-0.1, -0.05) is 0 Å². The molecule has 3 heterocycles. The number of nitrogens with zero attached hydrogens (tertiary/aromatic N) is 3. The number of nitriles is 1. The minimum absolute atomic E-state index is 0.404. The van der Waals surface area contributed by atoms with Crippen LogP contribution in [0.1, 0.15) is 35.8 Å². The lowest BCUT2D eigenvalue weighted by atomic mass is 10.1. The zero-order valence-corrected chi connectivity index (χ0v) is 9.16. The van der Waals surface area contributed by atoms with Crippen molar-refractivity contribution in [3.05, 3.63) is 17.0 Å². The van der Waals surface area contributed by atoms with Crippen molar-refractivity contribution in [3.63, 3.8) is 0 Å². The highest BCUT2D eigenvalue weighted by atomic mass is 15.3. The van der Waals surface area contributed by atoms with Crippen molar-refractivity contribution in [2.75, 3.05) is 13.1 Å². The lowest BCUT2D eigenvalue weighted by Crippen LogP contribution is -2.30. The van der Waals surface area contributed by atoms with Crippen LogP contribution in [0.25, 0.3) is 0 Å². The summed E-state index contributed by atoms with van der Waals surface area (Å²) in [6, 6.07) is 2.72. The summed E-state index contributed by atoms with van der Waals surface area (Å²) in [5.74, 6) is 0. The molecule has 0 aromatic carbocycles. The molecule has 1 aromatic rings. The summed E-state index contributed by atoms with van der Waals surface area (Å²) >= 11 is 0. The van der Waals surface area contributed by atoms with Gasteiger partial charge in [0.05, 0.1) is 11.7 Å². The third-order valence-electron chi connectivity index (χ3n) is 3.45. The van der Waals surface area contributed by atoms with E-state index in [1.807, 2.05) is 4.68 Å². The van der Waals surface area contributed by atoms with Crippen LogP contribution in [0.5, 0.6) is 0 Å². The van der Waals surface area contributed by atoms with E-state index in [0.29, 0.717) is 6.04 Å². The SMILES string of the molecule is N#Cc1c2c(nn1C1CCNCC1)CNC2. The molecule has 1 aromatic heterocycles. The van der Waals surface area contributed by atoms with Crippen LogP contribution in [0, 0.1) is 11.3 Å². The van der Waals surface area contributed by atoms with Crippen molar-refractivity contribution in [2.24, 2.45) is 0 Å². The van der Waals surface area contributed by atoms with E-state index in [4.69, 9.17) is 0 Å². The molecule has 1 saturated heterocycles. The smallest absolute Gasteiger partial charge is 0.143 e. The highest BCUT2D eigenvalue weighted by Crippen LogP contribution is 2.25. The van der Waals surface area contributed by atoms with Crippen molar-refractivity contribution in [2.45, 2.75) is 32.0 Å². The fraction of sp³-hybridized carbons (Fsp3) is 0.636. The van der Waals surface area contributed by atoms with E-state index in [-0.39, 0.29) is 0 Å². The predicted molar refractivity (Wildman–Crippen MR) is 58.6 cm³/mol. The second kappa shape index (κ2) is 3.89. The van der Waals surface area contributed by atoms with E-state index < -0.39 is 0 Å². The highest BCUT2D eigenvalue weighted by molar-refractivity contribution is 5.38. The maximum atomic E-state index is 9.25. The van der Waals surface area contributed by atoms with Gasteiger partial charge < -0.3 is 10.6 Å². The topological polar surface area (TPSA) is 65.7 Å². The molecule has 16 heavy (non-hydrogen) atoms. The molecule has 0 unspecified atom stereocenters. The number of aromatic nitrogens is 2. The van der Waals surface area contributed by atoms with Gasteiger partial charge in [0, 0.05) is 18.7 Å². The van der Waals surface area contributed by atoms with Crippen molar-refractivity contribution in [1.82, 2.24) is 20.4 Å². The van der Waals surface area contributed by atoms with Crippen LogP contribution >= 0.6 is 0 Å². The first-order valence-corrected chi connectivity index (χ1v) is 5.82. The van der Waals surface area contributed by atoms with E-state index in [9.17, 15) is 5.26 Å². The number of nitrogens with one attached hydrogen (secondary N) is 2. The maximum absolute atomic E-state index is 9.25. The van der Waals surface area contributed by atoms with Crippen LogP contribution in [-0.2, 0) is 13.1 Å². The van der Waals surface area contributed by atoms with E-state index in [1.54, 1.807) is 0 Å². The predicted octanol–water partition coefficient (Wildman–Crippen LogP) is 0.282. The molecule has 2 N–H and O–H groups in total. The van der Waals surface area contributed by atoms with Crippen LogP contribution in [0.15, 0.2) is 0 Å². The molecule has 0 amide bonds. The highest BCUT2D eigenvalue weighted by Gasteiger charge is 2.26. The summed E-state index contributed by atoms with van der Waals surface area (Å²) in [4.78, 5) is 0. The first-order valence-electron chi connectivity index (χ1n) is 5.82. The van der Waals surface area contributed by atoms with Crippen LogP contribution < -0.4 is 10.6 Å².